The summed E-state index contributed by atoms with van der Waals surface area (Å²) in [6.07, 6.45) is -1.13. The van der Waals surface area contributed by atoms with Crippen LogP contribution in [0.4, 0.5) is 4.79 Å². The Morgan fingerprint density at radius 3 is 2.55 bits per heavy atom. The zero-order valence-electron chi connectivity index (χ0n) is 16.6. The van der Waals surface area contributed by atoms with Crippen molar-refractivity contribution in [2.24, 2.45) is 0 Å². The molecule has 0 heterocycles. The summed E-state index contributed by atoms with van der Waals surface area (Å²) in [4.78, 5) is 23.3. The first-order valence-corrected chi connectivity index (χ1v) is 9.41. The molecule has 0 spiro atoms. The maximum Gasteiger partial charge on any atom is 0.406 e. The molecule has 0 radical (unpaired) electrons. The van der Waals surface area contributed by atoms with Crippen LogP contribution >= 0.6 is 11.6 Å². The van der Waals surface area contributed by atoms with Gasteiger partial charge in [-0.25, -0.2) is 9.59 Å². The summed E-state index contributed by atoms with van der Waals surface area (Å²) in [5, 5.41) is 3.11. The number of alkyl carbamates (subject to hydrolysis) is 1. The van der Waals surface area contributed by atoms with Crippen LogP contribution < -0.4 is 10.1 Å². The van der Waals surface area contributed by atoms with Crippen LogP contribution in [0.5, 0.6) is 5.75 Å². The lowest BCUT2D eigenvalue weighted by molar-refractivity contribution is 0.0598. The third kappa shape index (κ3) is 6.37. The lowest BCUT2D eigenvalue weighted by Gasteiger charge is -2.22. The summed E-state index contributed by atoms with van der Waals surface area (Å²) in [5.74, 6) is 0.109. The number of rotatable bonds is 9. The minimum absolute atomic E-state index is 0.195. The number of hydrogen-bond acceptors (Lipinski definition) is 6. The van der Waals surface area contributed by atoms with Gasteiger partial charge in [-0.2, -0.15) is 0 Å². The highest BCUT2D eigenvalue weighted by atomic mass is 35.5. The monoisotopic (exact) mass is 421 g/mol. The smallest absolute Gasteiger partial charge is 0.406 e. The molecule has 1 amide bonds. The molecule has 2 rings (SSSR count). The number of halogens is 1. The molecule has 7 nitrogen and oxygen atoms in total. The quantitative estimate of drug-likeness (QED) is 0.487. The summed E-state index contributed by atoms with van der Waals surface area (Å²) in [5.41, 5.74) is 1.79. The van der Waals surface area contributed by atoms with Crippen molar-refractivity contribution in [2.75, 3.05) is 34.0 Å². The topological polar surface area (TPSA) is 83.1 Å². The second kappa shape index (κ2) is 11.3. The summed E-state index contributed by atoms with van der Waals surface area (Å²) < 4.78 is 21.2. The van der Waals surface area contributed by atoms with Crippen molar-refractivity contribution in [1.29, 1.82) is 0 Å². The van der Waals surface area contributed by atoms with Crippen molar-refractivity contribution in [3.63, 3.8) is 0 Å². The van der Waals surface area contributed by atoms with Gasteiger partial charge in [-0.1, -0.05) is 23.7 Å². The fourth-order valence-corrected chi connectivity index (χ4v) is 2.92. The van der Waals surface area contributed by atoms with Crippen LogP contribution in [0.15, 0.2) is 42.5 Å². The zero-order chi connectivity index (χ0) is 21.2. The first kappa shape index (κ1) is 22.5. The molecule has 0 aliphatic heterocycles. The zero-order valence-corrected chi connectivity index (χ0v) is 17.3. The van der Waals surface area contributed by atoms with Gasteiger partial charge < -0.3 is 24.3 Å². The van der Waals surface area contributed by atoms with Crippen LogP contribution in [0.2, 0.25) is 5.02 Å². The van der Waals surface area contributed by atoms with E-state index in [9.17, 15) is 9.59 Å². The first-order valence-electron chi connectivity index (χ1n) is 9.04. The molecule has 0 saturated heterocycles. The van der Waals surface area contributed by atoms with Gasteiger partial charge in [0.2, 0.25) is 0 Å². The number of nitrogens with one attached hydrogen (secondary N) is 1. The SMILES string of the molecule is CCOc1ccc(C(=O)OC)cc1C(OCCNC(=O)OC)c1cccc(Cl)c1. The molecular weight excluding hydrogens is 398 g/mol. The minimum atomic E-state index is -0.584. The van der Waals surface area contributed by atoms with Crippen molar-refractivity contribution >= 4 is 23.7 Å². The van der Waals surface area contributed by atoms with Crippen LogP contribution in [0.25, 0.3) is 0 Å². The maximum absolute atomic E-state index is 12.0. The summed E-state index contributed by atoms with van der Waals surface area (Å²) >= 11 is 6.17. The Hall–Kier alpha value is -2.77. The average Bonchev–Trinajstić information content (AvgIpc) is 2.73. The Morgan fingerprint density at radius 1 is 1.10 bits per heavy atom. The van der Waals surface area contributed by atoms with Crippen LogP contribution in [0, 0.1) is 0 Å². The standard InChI is InChI=1S/C21H24ClNO6/c1-4-28-18-9-8-15(20(24)26-2)13-17(18)19(14-6-5-7-16(22)12-14)29-11-10-23-21(25)27-3/h5-9,12-13,19H,4,10-11H2,1-3H3,(H,23,25). The van der Waals surface area contributed by atoms with Crippen molar-refractivity contribution in [3.05, 3.63) is 64.2 Å². The Bertz CT molecular complexity index is 842. The van der Waals surface area contributed by atoms with Gasteiger partial charge in [-0.05, 0) is 42.8 Å². The van der Waals surface area contributed by atoms with E-state index in [0.717, 1.165) is 5.56 Å². The third-order valence-corrected chi connectivity index (χ3v) is 4.24. The van der Waals surface area contributed by atoms with Gasteiger partial charge in [0.1, 0.15) is 11.9 Å². The van der Waals surface area contributed by atoms with E-state index < -0.39 is 18.2 Å². The number of carbonyl (C=O) groups is 2. The molecule has 2 aromatic carbocycles. The van der Waals surface area contributed by atoms with Crippen molar-refractivity contribution in [3.8, 4) is 5.75 Å². The number of carbonyl (C=O) groups excluding carboxylic acids is 2. The number of esters is 1. The predicted octanol–water partition coefficient (Wildman–Crippen LogP) is 3.99. The van der Waals surface area contributed by atoms with E-state index in [-0.39, 0.29) is 13.2 Å². The van der Waals surface area contributed by atoms with Gasteiger partial charge in [0, 0.05) is 17.1 Å². The second-order valence-electron chi connectivity index (χ2n) is 5.90. The van der Waals surface area contributed by atoms with Gasteiger partial charge in [-0.15, -0.1) is 0 Å². The molecule has 1 atom stereocenters. The summed E-state index contributed by atoms with van der Waals surface area (Å²) in [6, 6.07) is 12.2. The number of amides is 1. The molecule has 8 heteroatoms. The van der Waals surface area contributed by atoms with Gasteiger partial charge in [0.25, 0.3) is 0 Å². The third-order valence-electron chi connectivity index (χ3n) is 4.01. The number of methoxy groups -OCH3 is 2. The van der Waals surface area contributed by atoms with Crippen molar-refractivity contribution in [1.82, 2.24) is 5.32 Å². The van der Waals surface area contributed by atoms with Gasteiger partial charge in [0.05, 0.1) is 33.0 Å². The number of benzene rings is 2. The van der Waals surface area contributed by atoms with E-state index in [1.54, 1.807) is 30.3 Å². The van der Waals surface area contributed by atoms with E-state index in [2.05, 4.69) is 10.1 Å². The largest absolute Gasteiger partial charge is 0.493 e. The molecule has 0 saturated carbocycles. The molecule has 0 bridgehead atoms. The molecule has 1 N–H and O–H groups in total. The summed E-state index contributed by atoms with van der Waals surface area (Å²) in [6.45, 7) is 2.74. The van der Waals surface area contributed by atoms with Crippen molar-refractivity contribution < 1.29 is 28.5 Å². The van der Waals surface area contributed by atoms with E-state index in [1.807, 2.05) is 19.1 Å². The highest BCUT2D eigenvalue weighted by molar-refractivity contribution is 6.30. The Balaban J connectivity index is 2.40. The minimum Gasteiger partial charge on any atom is -0.493 e. The maximum atomic E-state index is 12.0. The Kier molecular flexibility index (Phi) is 8.76. The fraction of sp³-hybridized carbons (Fsp3) is 0.333. The normalized spacial score (nSPS) is 11.4. The first-order chi connectivity index (χ1) is 14.0. The van der Waals surface area contributed by atoms with Crippen LogP contribution in [-0.4, -0.2) is 46.0 Å². The fourth-order valence-electron chi connectivity index (χ4n) is 2.72. The van der Waals surface area contributed by atoms with E-state index in [1.165, 1.54) is 14.2 Å². The lowest BCUT2D eigenvalue weighted by atomic mass is 9.98. The van der Waals surface area contributed by atoms with E-state index in [4.69, 9.17) is 25.8 Å². The lowest BCUT2D eigenvalue weighted by Crippen LogP contribution is -2.27. The molecule has 2 aromatic rings. The van der Waals surface area contributed by atoms with Gasteiger partial charge in [-0.3, -0.25) is 0 Å². The Labute approximate surface area is 174 Å². The molecule has 0 fully saturated rings. The molecule has 0 aliphatic rings. The van der Waals surface area contributed by atoms with Crippen LogP contribution in [-0.2, 0) is 14.2 Å². The number of ether oxygens (including phenoxy) is 4. The highest BCUT2D eigenvalue weighted by Gasteiger charge is 2.22. The van der Waals surface area contributed by atoms with Crippen molar-refractivity contribution in [2.45, 2.75) is 13.0 Å². The van der Waals surface area contributed by atoms with E-state index >= 15 is 0 Å². The summed E-state index contributed by atoms with van der Waals surface area (Å²) in [7, 11) is 2.61. The van der Waals surface area contributed by atoms with Gasteiger partial charge >= 0.3 is 12.1 Å². The second-order valence-corrected chi connectivity index (χ2v) is 6.34. The van der Waals surface area contributed by atoms with Crippen LogP contribution in [0.1, 0.15) is 34.5 Å². The number of hydrogen-bond donors (Lipinski definition) is 1. The molecule has 0 aromatic heterocycles. The molecule has 29 heavy (non-hydrogen) atoms. The molecule has 1 unspecified atom stereocenters. The molecular formula is C21H24ClNO6. The highest BCUT2D eigenvalue weighted by Crippen LogP contribution is 2.35. The predicted molar refractivity (Wildman–Crippen MR) is 109 cm³/mol. The average molecular weight is 422 g/mol. The molecule has 156 valence electrons. The Morgan fingerprint density at radius 2 is 1.90 bits per heavy atom. The van der Waals surface area contributed by atoms with E-state index in [0.29, 0.717) is 28.5 Å². The van der Waals surface area contributed by atoms with Gasteiger partial charge in [0.15, 0.2) is 0 Å². The molecule has 0 aliphatic carbocycles. The van der Waals surface area contributed by atoms with Crippen LogP contribution in [0.3, 0.4) is 0 Å².